The second-order valence-corrected chi connectivity index (χ2v) is 4.15. The van der Waals surface area contributed by atoms with Gasteiger partial charge in [0.2, 0.25) is 0 Å². The minimum absolute atomic E-state index is 0.387. The van der Waals surface area contributed by atoms with Crippen LogP contribution in [0.3, 0.4) is 0 Å². The summed E-state index contributed by atoms with van der Waals surface area (Å²) in [7, 11) is 0. The van der Waals surface area contributed by atoms with Gasteiger partial charge in [0.25, 0.3) is 0 Å². The van der Waals surface area contributed by atoms with E-state index < -0.39 is 0 Å². The molecule has 0 fully saturated rings. The van der Waals surface area contributed by atoms with Crippen LogP contribution in [0.25, 0.3) is 0 Å². The fraction of sp³-hybridized carbons (Fsp3) is 0.500. The molecule has 0 spiro atoms. The van der Waals surface area contributed by atoms with Crippen molar-refractivity contribution in [3.05, 3.63) is 29.3 Å². The molecule has 0 saturated carbocycles. The van der Waals surface area contributed by atoms with Crippen molar-refractivity contribution < 1.29 is 9.47 Å². The van der Waals surface area contributed by atoms with Crippen LogP contribution >= 0.6 is 0 Å². The summed E-state index contributed by atoms with van der Waals surface area (Å²) < 4.78 is 10.6. The number of fused-ring (bicyclic) bond motifs is 1. The van der Waals surface area contributed by atoms with E-state index in [0.29, 0.717) is 19.3 Å². The second kappa shape index (κ2) is 4.01. The highest BCUT2D eigenvalue weighted by Gasteiger charge is 2.10. The first-order valence-electron chi connectivity index (χ1n) is 5.08. The van der Waals surface area contributed by atoms with E-state index in [1.807, 2.05) is 0 Å². The molecule has 0 N–H and O–H groups in total. The molecule has 0 aromatic heterocycles. The first-order chi connectivity index (χ1) is 6.75. The lowest BCUT2D eigenvalue weighted by molar-refractivity contribution is -0.0164. The van der Waals surface area contributed by atoms with Gasteiger partial charge < -0.3 is 9.47 Å². The van der Waals surface area contributed by atoms with E-state index in [4.69, 9.17) is 9.47 Å². The average Bonchev–Trinajstić information content (AvgIpc) is 2.17. The Balaban J connectivity index is 2.20. The standard InChI is InChI=1S/C12H16O2/c1-9(2)5-10-3-4-11-7-13-8-14-12(11)6-10/h3-4,6,9H,5,7-8H2,1-2H3. The van der Waals surface area contributed by atoms with Crippen molar-refractivity contribution in [2.45, 2.75) is 26.9 Å². The normalized spacial score (nSPS) is 15.1. The van der Waals surface area contributed by atoms with E-state index >= 15 is 0 Å². The minimum atomic E-state index is 0.387. The van der Waals surface area contributed by atoms with Crippen LogP contribution < -0.4 is 4.74 Å². The highest BCUT2D eigenvalue weighted by atomic mass is 16.7. The Morgan fingerprint density at radius 3 is 3.00 bits per heavy atom. The molecule has 0 radical (unpaired) electrons. The van der Waals surface area contributed by atoms with Crippen molar-refractivity contribution in [1.29, 1.82) is 0 Å². The van der Waals surface area contributed by atoms with Gasteiger partial charge in [0.15, 0.2) is 6.79 Å². The molecule has 1 aliphatic rings. The molecule has 0 unspecified atom stereocenters. The fourth-order valence-electron chi connectivity index (χ4n) is 1.71. The number of benzene rings is 1. The third kappa shape index (κ3) is 2.07. The van der Waals surface area contributed by atoms with Gasteiger partial charge in [-0.15, -0.1) is 0 Å². The van der Waals surface area contributed by atoms with E-state index in [2.05, 4.69) is 32.0 Å². The maximum absolute atomic E-state index is 5.42. The molecule has 0 saturated heterocycles. The molecule has 2 rings (SSSR count). The zero-order valence-electron chi connectivity index (χ0n) is 8.75. The van der Waals surface area contributed by atoms with Gasteiger partial charge in [-0.25, -0.2) is 0 Å². The first kappa shape index (κ1) is 9.53. The van der Waals surface area contributed by atoms with Crippen LogP contribution in [-0.2, 0) is 17.8 Å². The predicted molar refractivity (Wildman–Crippen MR) is 55.3 cm³/mol. The Morgan fingerprint density at radius 1 is 1.36 bits per heavy atom. The summed E-state index contributed by atoms with van der Waals surface area (Å²) in [5, 5.41) is 0. The Labute approximate surface area is 84.8 Å². The molecule has 1 aromatic rings. The van der Waals surface area contributed by atoms with Crippen molar-refractivity contribution in [2.75, 3.05) is 6.79 Å². The van der Waals surface area contributed by atoms with E-state index in [1.54, 1.807) is 0 Å². The molecule has 0 aliphatic carbocycles. The molecular formula is C12H16O2. The third-order valence-electron chi connectivity index (χ3n) is 2.33. The molecular weight excluding hydrogens is 176 g/mol. The van der Waals surface area contributed by atoms with Crippen LogP contribution in [0.2, 0.25) is 0 Å². The molecule has 0 bridgehead atoms. The summed E-state index contributed by atoms with van der Waals surface area (Å²) in [4.78, 5) is 0. The molecule has 0 amide bonds. The van der Waals surface area contributed by atoms with Crippen molar-refractivity contribution in [3.8, 4) is 5.75 Å². The van der Waals surface area contributed by atoms with Gasteiger partial charge in [-0.3, -0.25) is 0 Å². The van der Waals surface area contributed by atoms with Crippen LogP contribution in [0.4, 0.5) is 0 Å². The van der Waals surface area contributed by atoms with Crippen LogP contribution in [0.1, 0.15) is 25.0 Å². The number of rotatable bonds is 2. The summed E-state index contributed by atoms with van der Waals surface area (Å²) in [6, 6.07) is 6.40. The summed E-state index contributed by atoms with van der Waals surface area (Å²) in [6.07, 6.45) is 1.11. The van der Waals surface area contributed by atoms with Crippen molar-refractivity contribution in [1.82, 2.24) is 0 Å². The predicted octanol–water partition coefficient (Wildman–Crippen LogP) is 2.75. The Kier molecular flexibility index (Phi) is 2.73. The molecule has 0 atom stereocenters. The topological polar surface area (TPSA) is 18.5 Å². The molecule has 1 heterocycles. The Hall–Kier alpha value is -1.02. The zero-order valence-corrected chi connectivity index (χ0v) is 8.75. The van der Waals surface area contributed by atoms with Crippen molar-refractivity contribution >= 4 is 0 Å². The van der Waals surface area contributed by atoms with E-state index in [-0.39, 0.29) is 0 Å². The minimum Gasteiger partial charge on any atom is -0.467 e. The molecule has 1 aliphatic heterocycles. The molecule has 2 heteroatoms. The zero-order chi connectivity index (χ0) is 9.97. The number of ether oxygens (including phenoxy) is 2. The van der Waals surface area contributed by atoms with Crippen molar-refractivity contribution in [2.24, 2.45) is 5.92 Å². The Bertz CT molecular complexity index is 318. The molecule has 2 nitrogen and oxygen atoms in total. The SMILES string of the molecule is CC(C)Cc1ccc2c(c1)OCOC2. The quantitative estimate of drug-likeness (QED) is 0.717. The smallest absolute Gasteiger partial charge is 0.189 e. The maximum atomic E-state index is 5.42. The number of hydrogen-bond donors (Lipinski definition) is 0. The lowest BCUT2D eigenvalue weighted by Crippen LogP contribution is -2.11. The molecule has 1 aromatic carbocycles. The second-order valence-electron chi connectivity index (χ2n) is 4.15. The molecule has 76 valence electrons. The van der Waals surface area contributed by atoms with Crippen molar-refractivity contribution in [3.63, 3.8) is 0 Å². The van der Waals surface area contributed by atoms with E-state index in [9.17, 15) is 0 Å². The van der Waals surface area contributed by atoms with Gasteiger partial charge in [-0.2, -0.15) is 0 Å². The summed E-state index contributed by atoms with van der Waals surface area (Å²) >= 11 is 0. The average molecular weight is 192 g/mol. The van der Waals surface area contributed by atoms with E-state index in [1.165, 1.54) is 5.56 Å². The number of hydrogen-bond acceptors (Lipinski definition) is 2. The summed E-state index contributed by atoms with van der Waals surface area (Å²) in [6.45, 7) is 5.52. The highest BCUT2D eigenvalue weighted by Crippen LogP contribution is 2.25. The van der Waals surface area contributed by atoms with Crippen LogP contribution in [0.15, 0.2) is 18.2 Å². The van der Waals surface area contributed by atoms with Crippen LogP contribution in [0.5, 0.6) is 5.75 Å². The van der Waals surface area contributed by atoms with Gasteiger partial charge in [0, 0.05) is 5.56 Å². The monoisotopic (exact) mass is 192 g/mol. The Morgan fingerprint density at radius 2 is 2.21 bits per heavy atom. The van der Waals surface area contributed by atoms with Gasteiger partial charge in [-0.05, 0) is 24.0 Å². The third-order valence-corrected chi connectivity index (χ3v) is 2.33. The highest BCUT2D eigenvalue weighted by molar-refractivity contribution is 5.38. The van der Waals surface area contributed by atoms with Crippen LogP contribution in [-0.4, -0.2) is 6.79 Å². The largest absolute Gasteiger partial charge is 0.467 e. The summed E-state index contributed by atoms with van der Waals surface area (Å²) in [5.41, 5.74) is 2.50. The van der Waals surface area contributed by atoms with Gasteiger partial charge in [0.05, 0.1) is 6.61 Å². The lowest BCUT2D eigenvalue weighted by Gasteiger charge is -2.18. The lowest BCUT2D eigenvalue weighted by atomic mass is 10.0. The van der Waals surface area contributed by atoms with E-state index in [0.717, 1.165) is 17.7 Å². The maximum Gasteiger partial charge on any atom is 0.189 e. The van der Waals surface area contributed by atoms with Gasteiger partial charge in [0.1, 0.15) is 5.75 Å². The fourth-order valence-corrected chi connectivity index (χ4v) is 1.71. The molecule has 14 heavy (non-hydrogen) atoms. The first-order valence-corrected chi connectivity index (χ1v) is 5.08. The van der Waals surface area contributed by atoms with Gasteiger partial charge in [-0.1, -0.05) is 26.0 Å². The van der Waals surface area contributed by atoms with Gasteiger partial charge >= 0.3 is 0 Å². The van der Waals surface area contributed by atoms with Crippen LogP contribution in [0, 0.1) is 5.92 Å². The summed E-state index contributed by atoms with van der Waals surface area (Å²) in [5.74, 6) is 1.68.